The number of alkyl carbamates (subject to hydrolysis) is 1. The number of hydrogen-bond donors (Lipinski definition) is 3. The second-order valence-corrected chi connectivity index (χ2v) is 21.0. The van der Waals surface area contributed by atoms with Gasteiger partial charge in [-0.15, -0.1) is 0 Å². The Bertz CT molecular complexity index is 2240. The van der Waals surface area contributed by atoms with Crippen molar-refractivity contribution in [1.29, 1.82) is 0 Å². The smallest absolute Gasteiger partial charge is 0.408 e. The van der Waals surface area contributed by atoms with E-state index in [0.717, 1.165) is 6.42 Å². The number of methoxy groups -OCH3 is 1. The van der Waals surface area contributed by atoms with Crippen molar-refractivity contribution in [3.8, 4) is 11.6 Å². The molecule has 3 N–H and O–H groups in total. The quantitative estimate of drug-likeness (QED) is 0.364. The van der Waals surface area contributed by atoms with Crippen molar-refractivity contribution >= 4 is 50.8 Å². The summed E-state index contributed by atoms with van der Waals surface area (Å²) in [6.07, 6.45) is -2.09. The van der Waals surface area contributed by atoms with Crippen molar-refractivity contribution in [2.75, 3.05) is 20.2 Å². The van der Waals surface area contributed by atoms with Gasteiger partial charge >= 0.3 is 6.09 Å². The molecule has 4 heterocycles. The van der Waals surface area contributed by atoms with Gasteiger partial charge in [0.15, 0.2) is 0 Å². The summed E-state index contributed by atoms with van der Waals surface area (Å²) >= 11 is 0. The topological polar surface area (TPSA) is 216 Å². The molecule has 1 aromatic carbocycles. The van der Waals surface area contributed by atoms with Gasteiger partial charge in [0.2, 0.25) is 40.1 Å². The molecular formula is C42H57F2N7O10S. The number of amides is 5. The number of aromatic nitrogens is 2. The highest BCUT2D eigenvalue weighted by atomic mass is 32.2. The summed E-state index contributed by atoms with van der Waals surface area (Å²) in [5, 5.41) is 5.20. The van der Waals surface area contributed by atoms with E-state index in [2.05, 4.69) is 10.6 Å². The van der Waals surface area contributed by atoms with Crippen LogP contribution < -0.4 is 24.8 Å². The summed E-state index contributed by atoms with van der Waals surface area (Å²) in [6, 6.07) is 2.07. The first-order valence-electron chi connectivity index (χ1n) is 21.3. The van der Waals surface area contributed by atoms with Gasteiger partial charge in [-0.05, 0) is 63.0 Å². The van der Waals surface area contributed by atoms with Gasteiger partial charge in [-0.1, -0.05) is 40.5 Å². The summed E-state index contributed by atoms with van der Waals surface area (Å²) in [7, 11) is -2.75. The maximum Gasteiger partial charge on any atom is 0.408 e. The fourth-order valence-electron chi connectivity index (χ4n) is 9.05. The molecule has 1 unspecified atom stereocenters. The van der Waals surface area contributed by atoms with Crippen LogP contribution in [0.4, 0.5) is 13.6 Å². The molecule has 5 aliphatic rings. The molecule has 2 aromatic rings. The number of carbonyl (C=O) groups excluding carboxylic acids is 5. The number of halogens is 2. The van der Waals surface area contributed by atoms with Crippen LogP contribution in [0.1, 0.15) is 98.6 Å². The van der Waals surface area contributed by atoms with Gasteiger partial charge in [-0.25, -0.2) is 32.0 Å². The first kappa shape index (κ1) is 45.2. The number of fused-ring (bicyclic) bond motifs is 5. The van der Waals surface area contributed by atoms with E-state index in [1.54, 1.807) is 50.8 Å². The van der Waals surface area contributed by atoms with E-state index in [-0.39, 0.29) is 31.2 Å². The fraction of sp³-hybridized carbons (Fsp3) is 0.690. The lowest BCUT2D eigenvalue weighted by atomic mass is 9.85. The Morgan fingerprint density at radius 3 is 2.39 bits per heavy atom. The number of benzene rings is 1. The summed E-state index contributed by atoms with van der Waals surface area (Å²) in [5.41, 5.74) is -1.71. The number of ether oxygens (including phenoxy) is 3. The minimum absolute atomic E-state index is 0.151. The standard InChI is InChI=1S/C42H57F2N7O10S/c1-22-31-21-51(32(22)35(53)48-42(20-25(42)34(43)44)38(55)49-62(57,58)41(6)16-17-41)37(54)33(40(3,4)5)47-39(56)61-30-15-18-50(23(2)52)29(30)12-10-8-9-11-27-36(60-31)46-28-19-24(59-7)13-14-26(28)45-27/h13-14,19,22,25,29-34H,8-12,15-18,20-21H2,1-7H3,(H,47,56)(H,48,53)(H,49,55)/t22-,25+,29+,30-,31+,32+,33-,42?/m1/s1. The van der Waals surface area contributed by atoms with E-state index in [1.165, 1.54) is 25.9 Å². The first-order chi connectivity index (χ1) is 29.1. The third-order valence-electron chi connectivity index (χ3n) is 13.4. The molecule has 0 radical (unpaired) electrons. The Labute approximate surface area is 359 Å². The Morgan fingerprint density at radius 2 is 1.76 bits per heavy atom. The van der Waals surface area contributed by atoms with Gasteiger partial charge in [-0.2, -0.15) is 0 Å². The molecule has 7 rings (SSSR count). The molecular weight excluding hydrogens is 833 g/mol. The van der Waals surface area contributed by atoms with Crippen LogP contribution in [0.5, 0.6) is 11.6 Å². The molecule has 1 aromatic heterocycles. The molecule has 17 nitrogen and oxygen atoms in total. The van der Waals surface area contributed by atoms with Crippen LogP contribution in [0.15, 0.2) is 18.2 Å². The maximum atomic E-state index is 14.9. The van der Waals surface area contributed by atoms with E-state index in [4.69, 9.17) is 24.2 Å². The zero-order valence-corrected chi connectivity index (χ0v) is 37.0. The van der Waals surface area contributed by atoms with E-state index in [9.17, 15) is 41.2 Å². The van der Waals surface area contributed by atoms with Crippen LogP contribution in [0.2, 0.25) is 0 Å². The van der Waals surface area contributed by atoms with Crippen molar-refractivity contribution in [3.63, 3.8) is 0 Å². The molecule has 8 atom stereocenters. The minimum atomic E-state index is -4.27. The molecule has 2 aliphatic carbocycles. The van der Waals surface area contributed by atoms with Gasteiger partial charge in [0, 0.05) is 31.9 Å². The minimum Gasteiger partial charge on any atom is -0.497 e. The van der Waals surface area contributed by atoms with E-state index < -0.39 is 105 Å². The van der Waals surface area contributed by atoms with Crippen LogP contribution in [-0.4, -0.2) is 125 Å². The molecule has 62 heavy (non-hydrogen) atoms. The molecule has 4 fully saturated rings. The number of nitrogens with zero attached hydrogens (tertiary/aromatic N) is 4. The number of aryl methyl sites for hydroxylation is 1. The summed E-state index contributed by atoms with van der Waals surface area (Å²) in [4.78, 5) is 82.3. The van der Waals surface area contributed by atoms with Crippen molar-refractivity contribution in [2.24, 2.45) is 17.3 Å². The average molecular weight is 890 g/mol. The predicted molar refractivity (Wildman–Crippen MR) is 219 cm³/mol. The zero-order chi connectivity index (χ0) is 45.1. The predicted octanol–water partition coefficient (Wildman–Crippen LogP) is 3.62. The van der Waals surface area contributed by atoms with Gasteiger partial charge in [0.25, 0.3) is 5.91 Å². The Balaban J connectivity index is 1.27. The lowest BCUT2D eigenvalue weighted by Crippen LogP contribution is -2.61. The monoisotopic (exact) mass is 889 g/mol. The van der Waals surface area contributed by atoms with Crippen LogP contribution in [0, 0.1) is 17.3 Å². The fourth-order valence-corrected chi connectivity index (χ4v) is 10.4. The molecule has 3 aliphatic heterocycles. The molecule has 2 saturated heterocycles. The summed E-state index contributed by atoms with van der Waals surface area (Å²) in [5.74, 6) is -5.04. The van der Waals surface area contributed by atoms with Crippen molar-refractivity contribution in [3.05, 3.63) is 23.9 Å². The molecule has 20 heteroatoms. The molecule has 5 amide bonds. The number of alkyl halides is 2. The zero-order valence-electron chi connectivity index (χ0n) is 36.2. The van der Waals surface area contributed by atoms with Crippen LogP contribution in [0.25, 0.3) is 11.0 Å². The van der Waals surface area contributed by atoms with Crippen LogP contribution >= 0.6 is 0 Å². The van der Waals surface area contributed by atoms with E-state index in [0.29, 0.717) is 61.1 Å². The molecule has 340 valence electrons. The lowest BCUT2D eigenvalue weighted by molar-refractivity contribution is -0.143. The largest absolute Gasteiger partial charge is 0.497 e. The maximum absolute atomic E-state index is 14.9. The molecule has 0 spiro atoms. The number of rotatable bonds is 7. The summed E-state index contributed by atoms with van der Waals surface area (Å²) in [6.45, 7) is 9.83. The van der Waals surface area contributed by atoms with E-state index in [1.807, 2.05) is 4.72 Å². The van der Waals surface area contributed by atoms with Gasteiger partial charge < -0.3 is 34.6 Å². The van der Waals surface area contributed by atoms with E-state index >= 15 is 0 Å². The second-order valence-electron chi connectivity index (χ2n) is 18.8. The Kier molecular flexibility index (Phi) is 12.1. The number of nitrogens with one attached hydrogen (secondary N) is 3. The summed E-state index contributed by atoms with van der Waals surface area (Å²) < 4.78 is 73.7. The Hall–Kier alpha value is -4.88. The van der Waals surface area contributed by atoms with Crippen molar-refractivity contribution < 1.29 is 55.4 Å². The molecule has 2 saturated carbocycles. The Morgan fingerprint density at radius 1 is 1.03 bits per heavy atom. The number of likely N-dealkylation sites (tertiary alicyclic amines) is 1. The first-order valence-corrected chi connectivity index (χ1v) is 22.8. The number of carbonyl (C=O) groups is 5. The third kappa shape index (κ3) is 8.71. The second kappa shape index (κ2) is 16.7. The van der Waals surface area contributed by atoms with Crippen molar-refractivity contribution in [2.45, 2.75) is 146 Å². The van der Waals surface area contributed by atoms with Crippen LogP contribution in [-0.2, 0) is 40.4 Å². The normalized spacial score (nSPS) is 30.2. The highest BCUT2D eigenvalue weighted by Gasteiger charge is 2.67. The SMILES string of the molecule is COc1ccc2nc3c(nc2c1)O[C@H]1CN(C(=O)[C@H](C(C)(C)C)NC(=O)O[C@@H]2CCN(C(C)=O)[C@H]2CCCCC3)[C@H](C(=O)NC2(C(=O)NS(=O)(=O)C3(C)CC3)C[C@H]2C(F)F)[C@@H]1C. The number of hydrogen-bond acceptors (Lipinski definition) is 12. The lowest BCUT2D eigenvalue weighted by Gasteiger charge is -2.36. The highest BCUT2D eigenvalue weighted by molar-refractivity contribution is 7.91. The van der Waals surface area contributed by atoms with Gasteiger partial charge in [0.1, 0.15) is 41.3 Å². The number of sulfonamides is 1. The van der Waals surface area contributed by atoms with Crippen molar-refractivity contribution in [1.82, 2.24) is 35.1 Å². The molecule has 2 bridgehead atoms. The highest BCUT2D eigenvalue weighted by Crippen LogP contribution is 2.49. The average Bonchev–Trinajstić information content (AvgIpc) is 4.06. The van der Waals surface area contributed by atoms with Crippen LogP contribution in [0.3, 0.4) is 0 Å². The van der Waals surface area contributed by atoms with Gasteiger partial charge in [-0.3, -0.25) is 23.9 Å². The third-order valence-corrected chi connectivity index (χ3v) is 15.5. The van der Waals surface area contributed by atoms with Gasteiger partial charge in [0.05, 0.1) is 41.4 Å².